The molecule has 4 aromatic rings. The molecule has 0 unspecified atom stereocenters. The van der Waals surface area contributed by atoms with Gasteiger partial charge in [0, 0.05) is 29.8 Å². The maximum absolute atomic E-state index is 14.8. The third kappa shape index (κ3) is 6.28. The van der Waals surface area contributed by atoms with Gasteiger partial charge in [0.1, 0.15) is 34.7 Å². The minimum absolute atomic E-state index is 0.00583. The molecule has 1 aliphatic rings. The number of ether oxygens (including phenoxy) is 2. The molecule has 1 saturated carbocycles. The summed E-state index contributed by atoms with van der Waals surface area (Å²) in [6.07, 6.45) is 5.13. The molecule has 2 aromatic heterocycles. The first-order valence-electron chi connectivity index (χ1n) is 12.8. The maximum atomic E-state index is 14.8. The number of urea groups is 1. The zero-order valence-corrected chi connectivity index (χ0v) is 22.1. The van der Waals surface area contributed by atoms with E-state index < -0.39 is 11.8 Å². The van der Waals surface area contributed by atoms with E-state index in [1.165, 1.54) is 30.8 Å². The van der Waals surface area contributed by atoms with Crippen molar-refractivity contribution in [3.8, 4) is 22.9 Å². The summed E-state index contributed by atoms with van der Waals surface area (Å²) >= 11 is 0. The van der Waals surface area contributed by atoms with Gasteiger partial charge >= 0.3 is 6.03 Å². The molecule has 0 saturated heterocycles. The summed E-state index contributed by atoms with van der Waals surface area (Å²) in [5.41, 5.74) is 6.94. The first-order valence-corrected chi connectivity index (χ1v) is 12.8. The highest BCUT2D eigenvalue weighted by atomic mass is 19.1. The van der Waals surface area contributed by atoms with Crippen LogP contribution in [0, 0.1) is 5.82 Å². The summed E-state index contributed by atoms with van der Waals surface area (Å²) < 4.78 is 28.0. The highest BCUT2D eigenvalue weighted by Crippen LogP contribution is 2.30. The zero-order valence-electron chi connectivity index (χ0n) is 22.1. The van der Waals surface area contributed by atoms with Crippen molar-refractivity contribution < 1.29 is 18.7 Å². The van der Waals surface area contributed by atoms with Crippen molar-refractivity contribution >= 4 is 23.4 Å². The van der Waals surface area contributed by atoms with Crippen molar-refractivity contribution in [1.82, 2.24) is 14.8 Å². The molecule has 0 atom stereocenters. The Kier molecular flexibility index (Phi) is 7.10. The first-order chi connectivity index (χ1) is 18.6. The average molecular weight is 531 g/mol. The first kappa shape index (κ1) is 26.0. The van der Waals surface area contributed by atoms with E-state index in [1.807, 2.05) is 51.1 Å². The number of anilines is 3. The van der Waals surface area contributed by atoms with Crippen molar-refractivity contribution in [2.24, 2.45) is 0 Å². The van der Waals surface area contributed by atoms with Crippen LogP contribution in [0.1, 0.15) is 45.7 Å². The number of amides is 2. The molecule has 202 valence electrons. The quantitative estimate of drug-likeness (QED) is 0.246. The molecule has 2 heterocycles. The predicted octanol–water partition coefficient (Wildman–Crippen LogP) is 6.65. The van der Waals surface area contributed by atoms with Crippen LogP contribution >= 0.6 is 0 Å². The fraction of sp³-hybridized carbons (Fsp3) is 0.276. The summed E-state index contributed by atoms with van der Waals surface area (Å²) in [7, 11) is 0. The minimum Gasteiger partial charge on any atom is -0.490 e. The molecule has 10 heteroatoms. The monoisotopic (exact) mass is 530 g/mol. The summed E-state index contributed by atoms with van der Waals surface area (Å²) in [5, 5.41) is 10.1. The highest BCUT2D eigenvalue weighted by Gasteiger charge is 2.23. The lowest BCUT2D eigenvalue weighted by Gasteiger charge is -2.26. The van der Waals surface area contributed by atoms with Crippen LogP contribution in [-0.4, -0.2) is 26.9 Å². The van der Waals surface area contributed by atoms with E-state index in [0.29, 0.717) is 11.6 Å². The fourth-order valence-electron chi connectivity index (χ4n) is 3.94. The molecule has 39 heavy (non-hydrogen) atoms. The molecular weight excluding hydrogens is 499 g/mol. The smallest absolute Gasteiger partial charge is 0.324 e. The van der Waals surface area contributed by atoms with E-state index in [0.717, 1.165) is 30.0 Å². The molecule has 0 radical (unpaired) electrons. The van der Waals surface area contributed by atoms with E-state index in [1.54, 1.807) is 16.8 Å². The number of halogens is 1. The van der Waals surface area contributed by atoms with Gasteiger partial charge in [0.2, 0.25) is 0 Å². The van der Waals surface area contributed by atoms with Gasteiger partial charge in [0.05, 0.1) is 23.2 Å². The van der Waals surface area contributed by atoms with Crippen molar-refractivity contribution in [1.29, 1.82) is 0 Å². The summed E-state index contributed by atoms with van der Waals surface area (Å²) in [5.74, 6) is 1.55. The van der Waals surface area contributed by atoms with Crippen LogP contribution in [0.15, 0.2) is 66.9 Å². The van der Waals surface area contributed by atoms with Gasteiger partial charge < -0.3 is 20.5 Å². The Morgan fingerprint density at radius 2 is 1.72 bits per heavy atom. The van der Waals surface area contributed by atoms with E-state index >= 15 is 0 Å². The normalized spacial score (nSPS) is 13.4. The van der Waals surface area contributed by atoms with E-state index in [9.17, 15) is 9.18 Å². The van der Waals surface area contributed by atoms with Gasteiger partial charge in [-0.25, -0.2) is 18.9 Å². The molecule has 2 amide bonds. The third-order valence-corrected chi connectivity index (χ3v) is 6.33. The van der Waals surface area contributed by atoms with Gasteiger partial charge in [-0.05, 0) is 61.7 Å². The van der Waals surface area contributed by atoms with Crippen molar-refractivity contribution in [2.45, 2.75) is 51.6 Å². The summed E-state index contributed by atoms with van der Waals surface area (Å²) in [6.45, 7) is 6.12. The lowest BCUT2D eigenvalue weighted by atomic mass is 9.92. The zero-order chi connectivity index (χ0) is 27.6. The number of benzene rings is 2. The van der Waals surface area contributed by atoms with Crippen LogP contribution in [0.2, 0.25) is 0 Å². The van der Waals surface area contributed by atoms with Gasteiger partial charge in [-0.3, -0.25) is 5.32 Å². The minimum atomic E-state index is -0.657. The second-order valence-corrected chi connectivity index (χ2v) is 10.5. The number of carbonyl (C=O) groups is 1. The number of carbonyl (C=O) groups excluding carboxylic acids is 1. The Morgan fingerprint density at radius 3 is 2.36 bits per heavy atom. The Labute approximate surface area is 226 Å². The number of rotatable bonds is 7. The number of nitrogens with zero attached hydrogens (tertiary/aromatic N) is 3. The van der Waals surface area contributed by atoms with E-state index in [2.05, 4.69) is 15.6 Å². The van der Waals surface area contributed by atoms with Gasteiger partial charge in [-0.1, -0.05) is 20.8 Å². The van der Waals surface area contributed by atoms with Crippen LogP contribution < -0.4 is 25.8 Å². The maximum Gasteiger partial charge on any atom is 0.324 e. The van der Waals surface area contributed by atoms with Gasteiger partial charge in [0.15, 0.2) is 0 Å². The van der Waals surface area contributed by atoms with E-state index in [-0.39, 0.29) is 28.8 Å². The number of nitrogen functional groups attached to an aromatic ring is 1. The molecule has 1 fully saturated rings. The van der Waals surface area contributed by atoms with Gasteiger partial charge in [-0.15, -0.1) is 0 Å². The Hall–Kier alpha value is -4.60. The van der Waals surface area contributed by atoms with Gasteiger partial charge in [-0.2, -0.15) is 5.10 Å². The summed E-state index contributed by atoms with van der Waals surface area (Å²) in [4.78, 5) is 16.8. The number of nitrogens with two attached hydrogens (primary N) is 1. The largest absolute Gasteiger partial charge is 0.490 e. The standard InChI is InChI=1S/C29H31FN6O3/c1-29(2,3)25-17-27(36(35-25)18-7-9-20(10-8-18)38-19-5-4-6-19)34-28(37)33-24-12-11-21(15-23(24)30)39-22-13-14-32-26(31)16-22/h7-17,19H,4-6H2,1-3H3,(H2,31,32)(H2,33,34,37). The SMILES string of the molecule is CC(C)(C)c1cc(NC(=O)Nc2ccc(Oc3ccnc(N)c3)cc2F)n(-c2ccc(OC3CCC3)cc2)n1. The number of aromatic nitrogens is 3. The Balaban J connectivity index is 1.31. The Bertz CT molecular complexity index is 1480. The third-order valence-electron chi connectivity index (χ3n) is 6.33. The molecule has 0 bridgehead atoms. The van der Waals surface area contributed by atoms with Crippen molar-refractivity contribution in [3.05, 3.63) is 78.4 Å². The van der Waals surface area contributed by atoms with Crippen LogP contribution in [-0.2, 0) is 5.41 Å². The van der Waals surface area contributed by atoms with Crippen LogP contribution in [0.4, 0.5) is 26.5 Å². The lowest BCUT2D eigenvalue weighted by molar-refractivity contribution is 0.120. The molecule has 4 N–H and O–H groups in total. The molecule has 0 spiro atoms. The van der Waals surface area contributed by atoms with E-state index in [4.69, 9.17) is 20.3 Å². The number of hydrogen-bond acceptors (Lipinski definition) is 6. The second kappa shape index (κ2) is 10.6. The highest BCUT2D eigenvalue weighted by molar-refractivity contribution is 5.99. The topological polar surface area (TPSA) is 116 Å². The number of hydrogen-bond donors (Lipinski definition) is 3. The van der Waals surface area contributed by atoms with Crippen LogP contribution in [0.5, 0.6) is 17.2 Å². The number of pyridine rings is 1. The van der Waals surface area contributed by atoms with Crippen molar-refractivity contribution in [3.63, 3.8) is 0 Å². The fourth-order valence-corrected chi connectivity index (χ4v) is 3.94. The van der Waals surface area contributed by atoms with Crippen LogP contribution in [0.3, 0.4) is 0 Å². The average Bonchev–Trinajstić information content (AvgIpc) is 3.28. The molecule has 1 aliphatic carbocycles. The molecule has 0 aliphatic heterocycles. The number of nitrogens with one attached hydrogen (secondary N) is 2. The van der Waals surface area contributed by atoms with Gasteiger partial charge in [0.25, 0.3) is 0 Å². The second-order valence-electron chi connectivity index (χ2n) is 10.5. The summed E-state index contributed by atoms with van der Waals surface area (Å²) in [6, 6.07) is 16.1. The van der Waals surface area contributed by atoms with Crippen molar-refractivity contribution in [2.75, 3.05) is 16.4 Å². The Morgan fingerprint density at radius 1 is 1.00 bits per heavy atom. The molecular formula is C29H31FN6O3. The predicted molar refractivity (Wildman–Crippen MR) is 148 cm³/mol. The molecule has 2 aromatic carbocycles. The molecule has 5 rings (SSSR count). The lowest BCUT2D eigenvalue weighted by Crippen LogP contribution is -2.24. The molecule has 9 nitrogen and oxygen atoms in total. The van der Waals surface area contributed by atoms with Crippen LogP contribution in [0.25, 0.3) is 5.69 Å².